The molecule has 6 heteroatoms. The molecule has 1 heterocycles. The number of esters is 2. The molecule has 1 saturated heterocycles. The van der Waals surface area contributed by atoms with Gasteiger partial charge in [0.05, 0.1) is 31.0 Å². The third-order valence-electron chi connectivity index (χ3n) is 15.8. The molecular formula is C64H122O6. The molecule has 1 aliphatic heterocycles. The molecule has 414 valence electrons. The maximum Gasteiger partial charge on any atom is 0.309 e. The summed E-state index contributed by atoms with van der Waals surface area (Å²) in [5.74, 6) is -1.42. The quantitative estimate of drug-likeness (QED) is 0.0358. The van der Waals surface area contributed by atoms with E-state index in [9.17, 15) is 19.8 Å². The number of unbranched alkanes of at least 4 members (excludes halogenated alkanes) is 49. The average molecular weight is 988 g/mol. The van der Waals surface area contributed by atoms with Crippen LogP contribution in [0.4, 0.5) is 0 Å². The monoisotopic (exact) mass is 987 g/mol. The van der Waals surface area contributed by atoms with Crippen LogP contribution < -0.4 is 0 Å². The molecule has 2 N–H and O–H groups in total. The zero-order valence-electron chi connectivity index (χ0n) is 47.1. The number of rotatable bonds is 55. The van der Waals surface area contributed by atoms with E-state index in [0.29, 0.717) is 6.42 Å². The van der Waals surface area contributed by atoms with Crippen LogP contribution >= 0.6 is 0 Å². The topological polar surface area (TPSA) is 93.1 Å². The standard InChI is InChI=1S/C64H122O6/c1-2-3-4-5-6-7-8-9-10-11-12-13-14-15-16-17-18-19-20-21-22-23-24-25-26-27-28-29-30-31-32-33-34-35-36-37-38-39-40-41-42-43-44-45-46-47-48-49-50-51-52-53-54-55-61-56-62(67)69-59-64(57-65,58-66)60-70-63(61)68/h47-48,61,65-66H,2-46,49-60H2,1H3/b48-47+. The summed E-state index contributed by atoms with van der Waals surface area (Å²) >= 11 is 0. The molecule has 0 aromatic rings. The number of aliphatic hydroxyl groups is 2. The molecule has 0 bridgehead atoms. The molecule has 0 saturated carbocycles. The van der Waals surface area contributed by atoms with E-state index >= 15 is 0 Å². The molecule has 1 fully saturated rings. The highest BCUT2D eigenvalue weighted by Crippen LogP contribution is 2.25. The van der Waals surface area contributed by atoms with Gasteiger partial charge in [-0.25, -0.2) is 0 Å². The van der Waals surface area contributed by atoms with Gasteiger partial charge in [-0.2, -0.15) is 0 Å². The van der Waals surface area contributed by atoms with E-state index in [-0.39, 0.29) is 19.6 Å². The number of ether oxygens (including phenoxy) is 2. The van der Waals surface area contributed by atoms with Gasteiger partial charge in [0.15, 0.2) is 0 Å². The molecule has 0 radical (unpaired) electrons. The Morgan fingerprint density at radius 3 is 0.886 bits per heavy atom. The summed E-state index contributed by atoms with van der Waals surface area (Å²) in [6.45, 7) is 1.19. The van der Waals surface area contributed by atoms with Gasteiger partial charge in [-0.15, -0.1) is 0 Å². The summed E-state index contributed by atoms with van der Waals surface area (Å²) < 4.78 is 10.6. The Hall–Kier alpha value is -1.40. The minimum atomic E-state index is -1.13. The van der Waals surface area contributed by atoms with Crippen molar-refractivity contribution in [3.8, 4) is 0 Å². The van der Waals surface area contributed by atoms with Crippen LogP contribution in [0.15, 0.2) is 12.2 Å². The Balaban J connectivity index is 1.68. The number of cyclic esters (lactones) is 2. The second-order valence-electron chi connectivity index (χ2n) is 22.8. The fourth-order valence-corrected chi connectivity index (χ4v) is 10.6. The van der Waals surface area contributed by atoms with Crippen LogP contribution in [0.25, 0.3) is 0 Å². The maximum atomic E-state index is 12.5. The van der Waals surface area contributed by atoms with E-state index in [2.05, 4.69) is 19.1 Å². The lowest BCUT2D eigenvalue weighted by molar-refractivity contribution is -0.155. The maximum absolute atomic E-state index is 12.5. The summed E-state index contributed by atoms with van der Waals surface area (Å²) in [5, 5.41) is 19.2. The van der Waals surface area contributed by atoms with Crippen molar-refractivity contribution >= 4 is 11.9 Å². The summed E-state index contributed by atoms with van der Waals surface area (Å²) in [4.78, 5) is 24.7. The van der Waals surface area contributed by atoms with Crippen molar-refractivity contribution in [3.05, 3.63) is 12.2 Å². The predicted octanol–water partition coefficient (Wildman–Crippen LogP) is 19.9. The van der Waals surface area contributed by atoms with Crippen molar-refractivity contribution in [1.29, 1.82) is 0 Å². The first-order valence-corrected chi connectivity index (χ1v) is 31.8. The molecule has 6 nitrogen and oxygen atoms in total. The van der Waals surface area contributed by atoms with Crippen molar-refractivity contribution in [3.63, 3.8) is 0 Å². The Morgan fingerprint density at radius 2 is 0.614 bits per heavy atom. The van der Waals surface area contributed by atoms with E-state index in [1.165, 1.54) is 302 Å². The minimum Gasteiger partial charge on any atom is -0.465 e. The van der Waals surface area contributed by atoms with Gasteiger partial charge in [-0.1, -0.05) is 321 Å². The number of aliphatic hydroxyl groups excluding tert-OH is 2. The number of hydrogen-bond acceptors (Lipinski definition) is 6. The zero-order valence-corrected chi connectivity index (χ0v) is 47.1. The molecule has 1 unspecified atom stereocenters. The van der Waals surface area contributed by atoms with Crippen LogP contribution in [0, 0.1) is 11.3 Å². The fourth-order valence-electron chi connectivity index (χ4n) is 10.6. The third-order valence-corrected chi connectivity index (χ3v) is 15.8. The molecule has 0 aromatic heterocycles. The van der Waals surface area contributed by atoms with Gasteiger partial charge >= 0.3 is 11.9 Å². The molecular weight excluding hydrogens is 865 g/mol. The highest BCUT2D eigenvalue weighted by atomic mass is 16.6. The molecule has 0 aromatic carbocycles. The van der Waals surface area contributed by atoms with Gasteiger partial charge in [-0.05, 0) is 32.1 Å². The van der Waals surface area contributed by atoms with Crippen molar-refractivity contribution in [2.24, 2.45) is 11.3 Å². The van der Waals surface area contributed by atoms with Crippen LogP contribution in [0.2, 0.25) is 0 Å². The Bertz CT molecular complexity index is 1100. The van der Waals surface area contributed by atoms with Gasteiger partial charge in [0.1, 0.15) is 13.2 Å². The first-order chi connectivity index (χ1) is 34.6. The van der Waals surface area contributed by atoms with Crippen molar-refractivity contribution in [1.82, 2.24) is 0 Å². The molecule has 0 amide bonds. The highest BCUT2D eigenvalue weighted by molar-refractivity contribution is 5.80. The van der Waals surface area contributed by atoms with Gasteiger partial charge in [0, 0.05) is 0 Å². The number of hydrogen-bond donors (Lipinski definition) is 2. The number of carbonyl (C=O) groups is 2. The Morgan fingerprint density at radius 1 is 0.371 bits per heavy atom. The van der Waals surface area contributed by atoms with Gasteiger partial charge in [0.2, 0.25) is 0 Å². The van der Waals surface area contributed by atoms with E-state index in [1.54, 1.807) is 0 Å². The summed E-state index contributed by atoms with van der Waals surface area (Å²) in [5.41, 5.74) is -1.13. The Kier molecular flexibility index (Phi) is 51.3. The molecule has 0 spiro atoms. The lowest BCUT2D eigenvalue weighted by Crippen LogP contribution is -2.40. The smallest absolute Gasteiger partial charge is 0.309 e. The predicted molar refractivity (Wildman–Crippen MR) is 302 cm³/mol. The van der Waals surface area contributed by atoms with E-state index in [4.69, 9.17) is 9.47 Å². The normalized spacial score (nSPS) is 15.3. The van der Waals surface area contributed by atoms with Crippen molar-refractivity contribution in [2.75, 3.05) is 26.4 Å². The fraction of sp³-hybridized carbons (Fsp3) is 0.938. The highest BCUT2D eigenvalue weighted by Gasteiger charge is 2.36. The SMILES string of the molecule is CCCCCCCCCCCCCCCCCCCCCCCCCCCCCCCCCCCCCCCCCCCCCC/C=C/CCCCCCCC1CC(=O)OCC(CO)(CO)COC1=O. The zero-order chi connectivity index (χ0) is 50.4. The molecule has 70 heavy (non-hydrogen) atoms. The molecule has 0 aliphatic carbocycles. The molecule has 1 atom stereocenters. The van der Waals surface area contributed by atoms with Crippen LogP contribution in [0.3, 0.4) is 0 Å². The summed E-state index contributed by atoms with van der Waals surface area (Å²) in [6.07, 6.45) is 77.2. The first kappa shape index (κ1) is 66.6. The third kappa shape index (κ3) is 45.2. The first-order valence-electron chi connectivity index (χ1n) is 31.8. The largest absolute Gasteiger partial charge is 0.465 e. The number of allylic oxidation sites excluding steroid dienone is 2. The van der Waals surface area contributed by atoms with Crippen molar-refractivity contribution in [2.45, 2.75) is 347 Å². The van der Waals surface area contributed by atoms with E-state index in [0.717, 1.165) is 25.7 Å². The van der Waals surface area contributed by atoms with Gasteiger partial charge in [0.25, 0.3) is 0 Å². The lowest BCUT2D eigenvalue weighted by atomic mass is 9.92. The van der Waals surface area contributed by atoms with Gasteiger partial charge in [-0.3, -0.25) is 9.59 Å². The second kappa shape index (κ2) is 53.9. The Labute approximate surface area is 436 Å². The molecule has 1 aliphatic rings. The van der Waals surface area contributed by atoms with E-state index in [1.807, 2.05) is 0 Å². The minimum absolute atomic E-state index is 0.00356. The van der Waals surface area contributed by atoms with Crippen LogP contribution in [0.1, 0.15) is 347 Å². The van der Waals surface area contributed by atoms with Crippen LogP contribution in [-0.2, 0) is 19.1 Å². The van der Waals surface area contributed by atoms with Gasteiger partial charge < -0.3 is 19.7 Å². The van der Waals surface area contributed by atoms with Crippen LogP contribution in [0.5, 0.6) is 0 Å². The lowest BCUT2D eigenvalue weighted by Gasteiger charge is -2.27. The second-order valence-corrected chi connectivity index (χ2v) is 22.8. The average Bonchev–Trinajstić information content (AvgIpc) is 3.43. The molecule has 1 rings (SSSR count). The van der Waals surface area contributed by atoms with E-state index < -0.39 is 36.5 Å². The summed E-state index contributed by atoms with van der Waals surface area (Å²) in [6, 6.07) is 0. The summed E-state index contributed by atoms with van der Waals surface area (Å²) in [7, 11) is 0. The van der Waals surface area contributed by atoms with Crippen LogP contribution in [-0.4, -0.2) is 48.6 Å². The number of carbonyl (C=O) groups excluding carboxylic acids is 2. The van der Waals surface area contributed by atoms with Crippen molar-refractivity contribution < 1.29 is 29.3 Å².